The van der Waals surface area contributed by atoms with Crippen LogP contribution in [0.5, 0.6) is 0 Å². The van der Waals surface area contributed by atoms with Crippen LogP contribution in [0, 0.1) is 55.1 Å². The number of hydrogen-bond acceptors (Lipinski definition) is 13. The van der Waals surface area contributed by atoms with E-state index < -0.39 is 36.2 Å². The Morgan fingerprint density at radius 3 is 1.63 bits per heavy atom. The number of nitrogens with two attached hydrogens (primary N) is 2. The number of carbonyl (C=O) groups is 1. The summed E-state index contributed by atoms with van der Waals surface area (Å²) in [6.07, 6.45) is 14.3. The van der Waals surface area contributed by atoms with E-state index >= 15 is 0 Å². The molecule has 1 aromatic heterocycles. The van der Waals surface area contributed by atoms with Gasteiger partial charge in [0.25, 0.3) is 8.94 Å². The lowest BCUT2D eigenvalue weighted by Crippen LogP contribution is -2.28. The molecule has 13 rings (SSSR count). The van der Waals surface area contributed by atoms with E-state index in [-0.39, 0.29) is 40.8 Å². The first-order chi connectivity index (χ1) is 39.8. The van der Waals surface area contributed by atoms with Crippen LogP contribution in [-0.2, 0) is 20.5 Å². The van der Waals surface area contributed by atoms with Crippen LogP contribution in [0.2, 0.25) is 0 Å². The smallest absolute Gasteiger partial charge is 0.304 e. The molecule has 6 fully saturated rings. The largest absolute Gasteiger partial charge is 0.400 e. The summed E-state index contributed by atoms with van der Waals surface area (Å²) in [4.78, 5) is 37.3. The fraction of sp³-hybridized carbons (Fsp3) is 0.407. The molecule has 2 aliphatic heterocycles. The van der Waals surface area contributed by atoms with Crippen LogP contribution in [-0.4, -0.2) is 79.8 Å². The number of nitro groups is 2. The predicted octanol–water partition coefficient (Wildman–Crippen LogP) is 16.2. The number of carbonyl (C=O) groups excluding carboxylic acids is 1. The summed E-state index contributed by atoms with van der Waals surface area (Å²) < 4.78 is 97.9. The Kier molecular flexibility index (Phi) is 29.5. The molecule has 0 spiro atoms. The summed E-state index contributed by atoms with van der Waals surface area (Å²) in [5, 5.41) is 33.6. The SMILES string of the molecule is C1CCOC1.CO.Fc1ccc2nc(Br)n(C3CC3)c2c1.NC1CC1.Nc1ccc(F)cc1NC1CC1.O=C1Cc2ccc(F)cc2N1C1CC1.O=P(Br)(Br)Br.O=[N+]([O-])c1ccc(F)cc1F.O=[N+]([O-])c1ccc(F)cc1NC1CC1.[2H]CI. The average Bonchev–Trinajstić information content (AvgIpc) is 3.47. The molecule has 5 aliphatic carbocycles. The molecular weight excluding hydrogens is 1490 g/mol. The standard InChI is InChI=1S/C11H10FNO.C10H8BrFN2.C9H9FN2O2.C9H11FN2.C6H3F2NO2.C4H8O.C3H7N.CH3I.CH4O.Br3OP/c12-8-2-1-7-5-11(14)13(9-3-4-9)10(7)6-8;11-10-13-8-4-1-6(12)5-9(8)14(10)7-2-3-7;10-6-1-4-9(12(13)14)8(5-6)11-7-2-3-7;10-6-1-4-8(11)9(5-6)12-7-2-3-7;7-4-1-2-6(9(10)11)5(8)3-4;1-2-4-5-3-1;4-3-1-2-3;2*1-2;1-5(2,3)4/h1-2,6,9H,3-5H2;1,4-5,7H,2-3H2;1,4-5,7,11H,2-3H2;1,4-5,7,12H,2-3,11H2;1-3H;1-4H2;3H,1-2,4H2;1H3;2H,1H3;/i;;;;;;;1D;;. The minimum atomic E-state index is -2.20. The highest BCUT2D eigenvalue weighted by molar-refractivity contribution is 14.1. The molecule has 1 saturated heterocycles. The molecule has 0 bridgehead atoms. The van der Waals surface area contributed by atoms with Crippen LogP contribution in [0.25, 0.3) is 11.0 Å². The quantitative estimate of drug-likeness (QED) is 0.0181. The van der Waals surface area contributed by atoms with Crippen molar-refractivity contribution in [2.75, 3.05) is 46.5 Å². The predicted molar refractivity (Wildman–Crippen MR) is 336 cm³/mol. The molecule has 83 heavy (non-hydrogen) atoms. The van der Waals surface area contributed by atoms with E-state index in [0.29, 0.717) is 47.2 Å². The highest BCUT2D eigenvalue weighted by Crippen LogP contribution is 2.68. The maximum absolute atomic E-state index is 13.1. The van der Waals surface area contributed by atoms with Gasteiger partial charge in [-0.3, -0.25) is 29.6 Å². The number of rotatable bonds is 8. The van der Waals surface area contributed by atoms with Gasteiger partial charge in [-0.15, -0.1) is 0 Å². The van der Waals surface area contributed by atoms with Crippen LogP contribution in [0.4, 0.5) is 60.5 Å². The van der Waals surface area contributed by atoms with Gasteiger partial charge in [0.1, 0.15) is 34.8 Å². The fourth-order valence-corrected chi connectivity index (χ4v) is 7.98. The van der Waals surface area contributed by atoms with E-state index in [0.717, 1.165) is 116 Å². The van der Waals surface area contributed by atoms with E-state index in [1.165, 1.54) is 74.9 Å². The third-order valence-electron chi connectivity index (χ3n) is 12.0. The number of fused-ring (bicyclic) bond motifs is 2. The number of imidazole rings is 1. The molecule has 454 valence electrons. The third-order valence-corrected chi connectivity index (χ3v) is 12.5. The Morgan fingerprint density at radius 1 is 0.711 bits per heavy atom. The van der Waals surface area contributed by atoms with Gasteiger partial charge in [-0.05, 0) is 164 Å². The summed E-state index contributed by atoms with van der Waals surface area (Å²) in [5.41, 5.74) is 15.2. The van der Waals surface area contributed by atoms with Crippen molar-refractivity contribution in [1.29, 1.82) is 0 Å². The number of ether oxygens (including phenoxy) is 1. The third kappa shape index (κ3) is 26.8. The summed E-state index contributed by atoms with van der Waals surface area (Å²) in [5.74, 6) is -3.03. The first-order valence-corrected chi connectivity index (χ1v) is 35.8. The summed E-state index contributed by atoms with van der Waals surface area (Å²) in [6.45, 7) is 2.00. The van der Waals surface area contributed by atoms with Gasteiger partial charge in [0, 0.05) is 123 Å². The second-order valence-corrected chi connectivity index (χ2v) is 38.0. The van der Waals surface area contributed by atoms with Crippen molar-refractivity contribution >= 4 is 139 Å². The Morgan fingerprint density at radius 2 is 1.16 bits per heavy atom. The van der Waals surface area contributed by atoms with Crippen LogP contribution < -0.4 is 27.0 Å². The van der Waals surface area contributed by atoms with Gasteiger partial charge >= 0.3 is 5.69 Å². The summed E-state index contributed by atoms with van der Waals surface area (Å²) >= 11 is 13.7. The number of amides is 1. The number of hydrogen-bond donors (Lipinski definition) is 5. The second-order valence-electron chi connectivity index (χ2n) is 19.0. The molecule has 5 saturated carbocycles. The summed E-state index contributed by atoms with van der Waals surface area (Å²) in [7, 11) is 1.00. The second kappa shape index (κ2) is 35.3. The van der Waals surface area contributed by atoms with Crippen molar-refractivity contribution in [1.82, 2.24) is 9.55 Å². The first kappa shape index (κ1) is 69.4. The van der Waals surface area contributed by atoms with Crippen molar-refractivity contribution in [3.63, 3.8) is 0 Å². The topological polar surface area (TPSA) is 247 Å². The van der Waals surface area contributed by atoms with Crippen molar-refractivity contribution in [3.05, 3.63) is 156 Å². The minimum absolute atomic E-state index is 0.0710. The maximum Gasteiger partial charge on any atom is 0.304 e. The van der Waals surface area contributed by atoms with E-state index in [4.69, 9.17) is 22.7 Å². The molecule has 5 aromatic carbocycles. The van der Waals surface area contributed by atoms with Crippen LogP contribution in [0.3, 0.4) is 0 Å². The van der Waals surface area contributed by atoms with Gasteiger partial charge in [0.2, 0.25) is 11.7 Å². The zero-order valence-corrected chi connectivity index (χ0v) is 54.1. The molecule has 29 heteroatoms. The Bertz CT molecular complexity index is 3150. The lowest BCUT2D eigenvalue weighted by Gasteiger charge is -2.16. The number of nitrogens with one attached hydrogen (secondary N) is 2. The number of aliphatic hydroxyl groups is 1. The van der Waals surface area contributed by atoms with Crippen molar-refractivity contribution in [2.24, 2.45) is 5.73 Å². The number of benzene rings is 5. The molecule has 0 radical (unpaired) electrons. The fourth-order valence-electron chi connectivity index (χ4n) is 7.31. The highest BCUT2D eigenvalue weighted by Gasteiger charge is 2.39. The molecule has 17 nitrogen and oxygen atoms in total. The number of nitrogen functional groups attached to an aromatic ring is 1. The molecule has 0 unspecified atom stereocenters. The Labute approximate surface area is 524 Å². The number of aliphatic hydroxyl groups excluding tert-OH is 1. The molecule has 7 aliphatic rings. The minimum Gasteiger partial charge on any atom is -0.400 e. The van der Waals surface area contributed by atoms with Crippen molar-refractivity contribution in [3.8, 4) is 0 Å². The lowest BCUT2D eigenvalue weighted by molar-refractivity contribution is -0.387. The van der Waals surface area contributed by atoms with Gasteiger partial charge < -0.3 is 41.4 Å². The van der Waals surface area contributed by atoms with Gasteiger partial charge in [-0.25, -0.2) is 26.9 Å². The number of alkyl halides is 1. The van der Waals surface area contributed by atoms with Crippen LogP contribution >= 0.6 is 88.2 Å². The molecule has 3 heterocycles. The van der Waals surface area contributed by atoms with Gasteiger partial charge in [0.05, 0.1) is 44.4 Å². The van der Waals surface area contributed by atoms with E-state index in [1.807, 2.05) is 22.6 Å². The van der Waals surface area contributed by atoms with Crippen molar-refractivity contribution < 1.29 is 56.8 Å². The maximum atomic E-state index is 13.1. The molecule has 1 amide bonds. The van der Waals surface area contributed by atoms with Gasteiger partial charge in [-0.2, -0.15) is 4.39 Å². The van der Waals surface area contributed by atoms with Crippen molar-refractivity contribution in [2.45, 2.75) is 114 Å². The molecule has 0 atom stereocenters. The lowest BCUT2D eigenvalue weighted by atomic mass is 10.1. The van der Waals surface area contributed by atoms with E-state index in [1.54, 1.807) is 29.2 Å². The average molecular weight is 1560 g/mol. The normalized spacial score (nSPS) is 16.0. The summed E-state index contributed by atoms with van der Waals surface area (Å²) in [6, 6.07) is 21.4. The van der Waals surface area contributed by atoms with Crippen LogP contribution in [0.1, 0.15) is 90.0 Å². The zero-order chi connectivity index (χ0) is 62.3. The first-order valence-electron chi connectivity index (χ1n) is 26.4. The number of halogens is 11. The van der Waals surface area contributed by atoms with Gasteiger partial charge in [-0.1, -0.05) is 28.7 Å². The van der Waals surface area contributed by atoms with Crippen LogP contribution in [0.15, 0.2) is 95.7 Å². The molecular formula is C54H63Br4F6IN9O8P. The zero-order valence-electron chi connectivity index (χ0n) is 45.7. The number of aromatic nitrogens is 2. The Balaban J connectivity index is 0.000000209. The number of anilines is 4. The molecule has 6 aromatic rings. The molecule has 7 N–H and O–H groups in total. The Hall–Kier alpha value is -4.42. The van der Waals surface area contributed by atoms with E-state index in [2.05, 4.69) is 82.6 Å². The van der Waals surface area contributed by atoms with E-state index in [9.17, 15) is 55.9 Å². The highest BCUT2D eigenvalue weighted by atomic mass is 127. The number of nitrogens with zero attached hydrogens (tertiary/aromatic N) is 5. The number of nitro benzene ring substituents is 2. The monoisotopic (exact) mass is 1550 g/mol. The van der Waals surface area contributed by atoms with Gasteiger partial charge in [0.15, 0.2) is 4.73 Å².